The van der Waals surface area contributed by atoms with E-state index in [9.17, 15) is 4.39 Å². The molecule has 2 aromatic rings. The lowest BCUT2D eigenvalue weighted by Gasteiger charge is -2.07. The van der Waals surface area contributed by atoms with Gasteiger partial charge in [-0.2, -0.15) is 15.0 Å². The van der Waals surface area contributed by atoms with Crippen LogP contribution in [-0.2, 0) is 6.54 Å². The summed E-state index contributed by atoms with van der Waals surface area (Å²) in [4.78, 5) is 12.2. The Morgan fingerprint density at radius 2 is 2.00 bits per heavy atom. The van der Waals surface area contributed by atoms with Gasteiger partial charge in [-0.05, 0) is 17.7 Å². The summed E-state index contributed by atoms with van der Waals surface area (Å²) in [6, 6.07) is 6.52. The van der Waals surface area contributed by atoms with Crippen LogP contribution in [0.5, 0.6) is 6.01 Å². The van der Waals surface area contributed by atoms with Gasteiger partial charge in [0.25, 0.3) is 0 Å². The van der Waals surface area contributed by atoms with E-state index in [-0.39, 0.29) is 11.8 Å². The Morgan fingerprint density at radius 3 is 2.68 bits per heavy atom. The van der Waals surface area contributed by atoms with Crippen LogP contribution in [0.2, 0.25) is 0 Å². The number of methoxy groups -OCH3 is 1. The highest BCUT2D eigenvalue weighted by Crippen LogP contribution is 2.11. The summed E-state index contributed by atoms with van der Waals surface area (Å²) in [6.07, 6.45) is 0. The minimum atomic E-state index is -0.275. The Hall–Kier alpha value is -2.44. The molecule has 6 nitrogen and oxygen atoms in total. The van der Waals surface area contributed by atoms with Crippen LogP contribution in [0.15, 0.2) is 24.3 Å². The number of halogens is 1. The Balaban J connectivity index is 2.10. The van der Waals surface area contributed by atoms with E-state index in [1.807, 2.05) is 6.07 Å². The Kier molecular flexibility index (Phi) is 4.07. The van der Waals surface area contributed by atoms with E-state index in [0.717, 1.165) is 5.56 Å². The van der Waals surface area contributed by atoms with Crippen molar-refractivity contribution in [1.29, 1.82) is 0 Å². The first kappa shape index (κ1) is 13.0. The summed E-state index contributed by atoms with van der Waals surface area (Å²) in [5, 5.41) is 5.80. The predicted octanol–water partition coefficient (Wildman–Crippen LogP) is 1.67. The van der Waals surface area contributed by atoms with Gasteiger partial charge in [-0.1, -0.05) is 12.1 Å². The fraction of sp³-hybridized carbons (Fsp3) is 0.250. The molecular weight excluding hydrogens is 249 g/mol. The molecule has 2 N–H and O–H groups in total. The SMILES string of the molecule is CNc1nc(NCc2cccc(F)c2)nc(OC)n1. The average Bonchev–Trinajstić information content (AvgIpc) is 2.44. The first-order chi connectivity index (χ1) is 9.21. The van der Waals surface area contributed by atoms with Gasteiger partial charge in [0.1, 0.15) is 5.82 Å². The van der Waals surface area contributed by atoms with Crippen molar-refractivity contribution in [2.45, 2.75) is 6.54 Å². The molecule has 0 radical (unpaired) electrons. The quantitative estimate of drug-likeness (QED) is 0.855. The molecular formula is C12H14FN5O. The molecule has 0 saturated carbocycles. The highest BCUT2D eigenvalue weighted by atomic mass is 19.1. The Morgan fingerprint density at radius 1 is 1.21 bits per heavy atom. The first-order valence-corrected chi connectivity index (χ1v) is 5.67. The molecule has 7 heteroatoms. The van der Waals surface area contributed by atoms with Crippen LogP contribution >= 0.6 is 0 Å². The number of rotatable bonds is 5. The summed E-state index contributed by atoms with van der Waals surface area (Å²) in [5.41, 5.74) is 0.797. The van der Waals surface area contributed by atoms with Crippen molar-refractivity contribution in [2.75, 3.05) is 24.8 Å². The number of hydrogen-bond acceptors (Lipinski definition) is 6. The average molecular weight is 263 g/mol. The van der Waals surface area contributed by atoms with Crippen molar-refractivity contribution in [3.8, 4) is 6.01 Å². The van der Waals surface area contributed by atoms with Gasteiger partial charge in [0, 0.05) is 13.6 Å². The first-order valence-electron chi connectivity index (χ1n) is 5.67. The smallest absolute Gasteiger partial charge is 0.322 e. The fourth-order valence-electron chi connectivity index (χ4n) is 1.47. The molecule has 1 aromatic heterocycles. The van der Waals surface area contributed by atoms with E-state index in [1.54, 1.807) is 13.1 Å². The molecule has 0 bridgehead atoms. The maximum absolute atomic E-state index is 13.0. The zero-order chi connectivity index (χ0) is 13.7. The molecule has 1 aromatic carbocycles. The monoisotopic (exact) mass is 263 g/mol. The van der Waals surface area contributed by atoms with Gasteiger partial charge in [0.05, 0.1) is 7.11 Å². The number of nitrogens with one attached hydrogen (secondary N) is 2. The Bertz CT molecular complexity index is 541. The van der Waals surface area contributed by atoms with E-state index >= 15 is 0 Å². The third-order valence-corrected chi connectivity index (χ3v) is 2.36. The van der Waals surface area contributed by atoms with Gasteiger partial charge < -0.3 is 15.4 Å². The highest BCUT2D eigenvalue weighted by Gasteiger charge is 2.05. The zero-order valence-electron chi connectivity index (χ0n) is 10.6. The van der Waals surface area contributed by atoms with Crippen LogP contribution in [0.25, 0.3) is 0 Å². The minimum absolute atomic E-state index is 0.209. The van der Waals surface area contributed by atoms with Gasteiger partial charge in [-0.15, -0.1) is 0 Å². The van der Waals surface area contributed by atoms with Crippen LogP contribution in [0.3, 0.4) is 0 Å². The highest BCUT2D eigenvalue weighted by molar-refractivity contribution is 5.36. The van der Waals surface area contributed by atoms with Crippen LogP contribution in [0, 0.1) is 5.82 Å². The van der Waals surface area contributed by atoms with E-state index in [4.69, 9.17) is 4.74 Å². The number of benzene rings is 1. The maximum atomic E-state index is 13.0. The second-order valence-electron chi connectivity index (χ2n) is 3.70. The summed E-state index contributed by atoms with van der Waals surface area (Å²) in [7, 11) is 3.18. The second kappa shape index (κ2) is 5.94. The molecule has 0 atom stereocenters. The van der Waals surface area contributed by atoms with Crippen molar-refractivity contribution in [2.24, 2.45) is 0 Å². The van der Waals surface area contributed by atoms with Gasteiger partial charge in [0.15, 0.2) is 0 Å². The normalized spacial score (nSPS) is 10.1. The summed E-state index contributed by atoms with van der Waals surface area (Å²) in [6.45, 7) is 0.411. The van der Waals surface area contributed by atoms with E-state index in [2.05, 4.69) is 25.6 Å². The van der Waals surface area contributed by atoms with Crippen molar-refractivity contribution in [3.63, 3.8) is 0 Å². The molecule has 0 saturated heterocycles. The third kappa shape index (κ3) is 3.51. The number of nitrogens with zero attached hydrogens (tertiary/aromatic N) is 3. The van der Waals surface area contributed by atoms with E-state index < -0.39 is 0 Å². The largest absolute Gasteiger partial charge is 0.467 e. The number of hydrogen-bond donors (Lipinski definition) is 2. The number of anilines is 2. The molecule has 2 rings (SSSR count). The predicted molar refractivity (Wildman–Crippen MR) is 69.7 cm³/mol. The van der Waals surface area contributed by atoms with Crippen LogP contribution < -0.4 is 15.4 Å². The lowest BCUT2D eigenvalue weighted by Crippen LogP contribution is -2.08. The molecule has 0 aliphatic rings. The molecule has 0 amide bonds. The van der Waals surface area contributed by atoms with E-state index in [0.29, 0.717) is 18.4 Å². The van der Waals surface area contributed by atoms with Gasteiger partial charge >= 0.3 is 6.01 Å². The standard InChI is InChI=1S/C12H14FN5O/c1-14-10-16-11(18-12(17-10)19-2)15-7-8-4-3-5-9(13)6-8/h3-6H,7H2,1-2H3,(H2,14,15,16,17,18). The fourth-order valence-corrected chi connectivity index (χ4v) is 1.47. The van der Waals surface area contributed by atoms with Gasteiger partial charge in [0.2, 0.25) is 11.9 Å². The molecule has 0 spiro atoms. The zero-order valence-corrected chi connectivity index (χ0v) is 10.6. The molecule has 0 aliphatic carbocycles. The summed E-state index contributed by atoms with van der Waals surface area (Å²) < 4.78 is 18.0. The van der Waals surface area contributed by atoms with Gasteiger partial charge in [-0.3, -0.25) is 0 Å². The molecule has 0 aliphatic heterocycles. The summed E-state index contributed by atoms with van der Waals surface area (Å²) in [5.74, 6) is 0.484. The van der Waals surface area contributed by atoms with Crippen LogP contribution in [-0.4, -0.2) is 29.1 Å². The van der Waals surface area contributed by atoms with Gasteiger partial charge in [-0.25, -0.2) is 4.39 Å². The molecule has 1 heterocycles. The minimum Gasteiger partial charge on any atom is -0.467 e. The number of aromatic nitrogens is 3. The molecule has 19 heavy (non-hydrogen) atoms. The lowest BCUT2D eigenvalue weighted by molar-refractivity contribution is 0.379. The molecule has 0 unspecified atom stereocenters. The topological polar surface area (TPSA) is 72.0 Å². The van der Waals surface area contributed by atoms with Crippen molar-refractivity contribution < 1.29 is 9.13 Å². The van der Waals surface area contributed by atoms with Crippen LogP contribution in [0.1, 0.15) is 5.56 Å². The van der Waals surface area contributed by atoms with Crippen LogP contribution in [0.4, 0.5) is 16.3 Å². The number of ether oxygens (including phenoxy) is 1. The van der Waals surface area contributed by atoms with Crippen molar-refractivity contribution >= 4 is 11.9 Å². The maximum Gasteiger partial charge on any atom is 0.322 e. The van der Waals surface area contributed by atoms with Crippen molar-refractivity contribution in [1.82, 2.24) is 15.0 Å². The second-order valence-corrected chi connectivity index (χ2v) is 3.70. The third-order valence-electron chi connectivity index (χ3n) is 2.36. The lowest BCUT2D eigenvalue weighted by atomic mass is 10.2. The molecule has 0 fully saturated rings. The summed E-state index contributed by atoms with van der Waals surface area (Å²) >= 11 is 0. The van der Waals surface area contributed by atoms with E-state index in [1.165, 1.54) is 19.2 Å². The van der Waals surface area contributed by atoms with Crippen molar-refractivity contribution in [3.05, 3.63) is 35.6 Å². The molecule has 100 valence electrons. The Labute approximate surface area is 110 Å².